The number of aromatic amines is 1. The average molecular weight is 583 g/mol. The fraction of sp³-hybridized carbons (Fsp3) is 0.360. The van der Waals surface area contributed by atoms with Crippen molar-refractivity contribution in [2.75, 3.05) is 36.6 Å². The summed E-state index contributed by atoms with van der Waals surface area (Å²) < 4.78 is 80.4. The maximum Gasteiger partial charge on any atom is 0.417 e. The molecule has 1 amide bonds. The SMILES string of the molecule is C[C@@H]1CN(c2cc(F)c(-c3ccnc(S(C)(=O)=O)n3)cc2NC(=O)c2c[nH]c(=O)cc2C(F)(F)F)C[C@H](C)N1C. The summed E-state index contributed by atoms with van der Waals surface area (Å²) in [5, 5.41) is 1.88. The molecule has 2 N–H and O–H groups in total. The third-order valence-corrected chi connectivity index (χ3v) is 7.61. The van der Waals surface area contributed by atoms with Gasteiger partial charge in [-0.2, -0.15) is 13.2 Å². The van der Waals surface area contributed by atoms with Crippen molar-refractivity contribution in [1.29, 1.82) is 0 Å². The van der Waals surface area contributed by atoms with Gasteiger partial charge in [-0.1, -0.05) is 0 Å². The maximum absolute atomic E-state index is 15.5. The number of amides is 1. The van der Waals surface area contributed by atoms with Crippen LogP contribution in [0.3, 0.4) is 0 Å². The van der Waals surface area contributed by atoms with E-state index in [-0.39, 0.29) is 40.8 Å². The molecule has 0 bridgehead atoms. The molecule has 2 atom stereocenters. The van der Waals surface area contributed by atoms with Crippen molar-refractivity contribution in [3.63, 3.8) is 0 Å². The van der Waals surface area contributed by atoms with Gasteiger partial charge in [0.25, 0.3) is 5.91 Å². The molecule has 1 aromatic carbocycles. The Bertz CT molecular complexity index is 1610. The van der Waals surface area contributed by atoms with Crippen molar-refractivity contribution < 1.29 is 30.8 Å². The Morgan fingerprint density at radius 3 is 2.40 bits per heavy atom. The molecule has 15 heteroatoms. The number of nitrogens with zero attached hydrogens (tertiary/aromatic N) is 4. The smallest absolute Gasteiger partial charge is 0.367 e. The van der Waals surface area contributed by atoms with Crippen molar-refractivity contribution in [1.82, 2.24) is 19.9 Å². The van der Waals surface area contributed by atoms with Crippen molar-refractivity contribution in [3.8, 4) is 11.3 Å². The monoisotopic (exact) mass is 582 g/mol. The van der Waals surface area contributed by atoms with Crippen molar-refractivity contribution in [3.05, 3.63) is 64.0 Å². The fourth-order valence-corrected chi connectivity index (χ4v) is 4.99. The molecule has 4 rings (SSSR count). The summed E-state index contributed by atoms with van der Waals surface area (Å²) in [7, 11) is -1.91. The third-order valence-electron chi connectivity index (χ3n) is 6.75. The van der Waals surface area contributed by atoms with Crippen LogP contribution in [0.4, 0.5) is 28.9 Å². The largest absolute Gasteiger partial charge is 0.417 e. The first kappa shape index (κ1) is 29.1. The summed E-state index contributed by atoms with van der Waals surface area (Å²) in [6.07, 6.45) is -2.32. The van der Waals surface area contributed by atoms with E-state index in [9.17, 15) is 31.2 Å². The predicted octanol–water partition coefficient (Wildman–Crippen LogP) is 3.17. The molecule has 1 aliphatic rings. The van der Waals surface area contributed by atoms with E-state index in [1.807, 2.05) is 20.9 Å². The lowest BCUT2D eigenvalue weighted by Gasteiger charge is -2.44. The number of benzene rings is 1. The number of carbonyl (C=O) groups is 1. The van der Waals surface area contributed by atoms with Crippen molar-refractivity contribution >= 4 is 27.1 Å². The Labute approximate surface area is 227 Å². The van der Waals surface area contributed by atoms with Crippen molar-refractivity contribution in [2.45, 2.75) is 37.3 Å². The Morgan fingerprint density at radius 2 is 1.80 bits per heavy atom. The number of halogens is 4. The second-order valence-electron chi connectivity index (χ2n) is 9.69. The van der Waals surface area contributed by atoms with Gasteiger partial charge in [0, 0.05) is 55.5 Å². The zero-order valence-corrected chi connectivity index (χ0v) is 22.7. The molecular weight excluding hydrogens is 556 g/mol. The summed E-state index contributed by atoms with van der Waals surface area (Å²) in [5.41, 5.74) is -3.48. The van der Waals surface area contributed by atoms with E-state index in [1.165, 1.54) is 12.1 Å². The van der Waals surface area contributed by atoms with Crippen LogP contribution in [0.1, 0.15) is 29.8 Å². The quantitative estimate of drug-likeness (QED) is 0.347. The lowest BCUT2D eigenvalue weighted by molar-refractivity contribution is -0.138. The van der Waals surface area contributed by atoms with E-state index in [4.69, 9.17) is 0 Å². The van der Waals surface area contributed by atoms with E-state index in [0.29, 0.717) is 19.3 Å². The maximum atomic E-state index is 15.5. The molecule has 0 aliphatic carbocycles. The number of hydrogen-bond donors (Lipinski definition) is 2. The number of rotatable bonds is 5. The summed E-state index contributed by atoms with van der Waals surface area (Å²) in [6, 6.07) is 3.89. The van der Waals surface area contributed by atoms with Crippen LogP contribution in [0.5, 0.6) is 0 Å². The van der Waals surface area contributed by atoms with Gasteiger partial charge in [-0.15, -0.1) is 0 Å². The van der Waals surface area contributed by atoms with Gasteiger partial charge in [-0.3, -0.25) is 14.5 Å². The van der Waals surface area contributed by atoms with Gasteiger partial charge in [0.1, 0.15) is 5.82 Å². The minimum Gasteiger partial charge on any atom is -0.367 e. The van der Waals surface area contributed by atoms with Crippen molar-refractivity contribution in [2.24, 2.45) is 0 Å². The minimum absolute atomic E-state index is 0.0188. The molecule has 1 fully saturated rings. The number of sulfone groups is 1. The van der Waals surface area contributed by atoms with E-state index >= 15 is 4.39 Å². The van der Waals surface area contributed by atoms with Gasteiger partial charge in [0.05, 0.1) is 28.2 Å². The van der Waals surface area contributed by atoms with Crippen LogP contribution in [0, 0.1) is 5.82 Å². The molecule has 40 heavy (non-hydrogen) atoms. The average Bonchev–Trinajstić information content (AvgIpc) is 2.86. The first-order valence-electron chi connectivity index (χ1n) is 12.0. The number of aromatic nitrogens is 3. The number of carbonyl (C=O) groups excluding carboxylic acids is 1. The first-order valence-corrected chi connectivity index (χ1v) is 13.9. The highest BCUT2D eigenvalue weighted by atomic mass is 32.2. The van der Waals surface area contributed by atoms with Gasteiger partial charge < -0.3 is 15.2 Å². The number of likely N-dealkylation sites (N-methyl/N-ethyl adjacent to an activating group) is 1. The molecule has 1 saturated heterocycles. The topological polar surface area (TPSA) is 128 Å². The minimum atomic E-state index is -5.00. The molecule has 2 aromatic heterocycles. The highest BCUT2D eigenvalue weighted by Crippen LogP contribution is 2.37. The Morgan fingerprint density at radius 1 is 1.15 bits per heavy atom. The van der Waals surface area contributed by atoms with Gasteiger partial charge >= 0.3 is 6.18 Å². The number of alkyl halides is 3. The number of hydrogen-bond acceptors (Lipinski definition) is 8. The van der Waals surface area contributed by atoms with Gasteiger partial charge in [0.2, 0.25) is 20.6 Å². The fourth-order valence-electron chi connectivity index (χ4n) is 4.47. The van der Waals surface area contributed by atoms with E-state index in [1.54, 1.807) is 4.90 Å². The number of anilines is 2. The molecular formula is C25H26F4N6O4S. The van der Waals surface area contributed by atoms with Crippen LogP contribution in [-0.4, -0.2) is 72.7 Å². The zero-order valence-electron chi connectivity index (χ0n) is 21.9. The van der Waals surface area contributed by atoms with Crippen LogP contribution in [0.15, 0.2) is 46.6 Å². The van der Waals surface area contributed by atoms with Crippen LogP contribution in [0.25, 0.3) is 11.3 Å². The van der Waals surface area contributed by atoms with Gasteiger partial charge in [0.15, 0.2) is 0 Å². The predicted molar refractivity (Wildman–Crippen MR) is 139 cm³/mol. The number of piperazine rings is 1. The highest BCUT2D eigenvalue weighted by molar-refractivity contribution is 7.90. The third kappa shape index (κ3) is 5.99. The molecule has 0 spiro atoms. The van der Waals surface area contributed by atoms with E-state index < -0.39 is 49.6 Å². The van der Waals surface area contributed by atoms with Crippen LogP contribution in [0.2, 0.25) is 0 Å². The Kier molecular flexibility index (Phi) is 7.73. The first-order chi connectivity index (χ1) is 18.6. The molecule has 1 aliphatic heterocycles. The summed E-state index contributed by atoms with van der Waals surface area (Å²) >= 11 is 0. The number of nitrogens with one attached hydrogen (secondary N) is 2. The summed E-state index contributed by atoms with van der Waals surface area (Å²) in [6.45, 7) is 4.74. The molecule has 214 valence electrons. The van der Waals surface area contributed by atoms with E-state index in [2.05, 4.69) is 25.2 Å². The summed E-state index contributed by atoms with van der Waals surface area (Å²) in [5.74, 6) is -2.00. The molecule has 10 nitrogen and oxygen atoms in total. The lowest BCUT2D eigenvalue weighted by atomic mass is 10.0. The van der Waals surface area contributed by atoms with E-state index in [0.717, 1.165) is 18.5 Å². The molecule has 0 unspecified atom stereocenters. The summed E-state index contributed by atoms with van der Waals surface area (Å²) in [4.78, 5) is 38.3. The number of pyridine rings is 1. The molecule has 0 saturated carbocycles. The van der Waals surface area contributed by atoms with Gasteiger partial charge in [-0.25, -0.2) is 22.8 Å². The van der Waals surface area contributed by atoms with Gasteiger partial charge in [-0.05, 0) is 39.1 Å². The molecule has 3 aromatic rings. The highest BCUT2D eigenvalue weighted by Gasteiger charge is 2.36. The second-order valence-corrected chi connectivity index (χ2v) is 11.6. The normalized spacial score (nSPS) is 18.6. The lowest BCUT2D eigenvalue weighted by Crippen LogP contribution is -2.55. The molecule has 0 radical (unpaired) electrons. The van der Waals surface area contributed by atoms with Crippen LogP contribution < -0.4 is 15.8 Å². The Balaban J connectivity index is 1.86. The second kappa shape index (κ2) is 10.6. The van der Waals surface area contributed by atoms with Crippen LogP contribution >= 0.6 is 0 Å². The standard InChI is InChI=1S/C25H26F4N6O4S/c1-13-11-35(12-14(2)34(13)3)21-9-18(26)15(19-5-6-30-24(33-19)40(4,38)39)7-20(21)32-23(37)16-10-31-22(36)8-17(16)25(27,28)29/h5-10,13-14H,11-12H2,1-4H3,(H,31,36)(H,32,37)/t13-,14+. The number of H-pyrrole nitrogens is 1. The Hall–Kier alpha value is -3.85. The van der Waals surface area contributed by atoms with Crippen LogP contribution in [-0.2, 0) is 16.0 Å². The molecule has 3 heterocycles. The zero-order chi connectivity index (χ0) is 29.6.